The van der Waals surface area contributed by atoms with Gasteiger partial charge in [0.1, 0.15) is 0 Å². The van der Waals surface area contributed by atoms with Crippen LogP contribution in [0.15, 0.2) is 42.5 Å². The molecule has 0 aliphatic carbocycles. The van der Waals surface area contributed by atoms with E-state index in [-0.39, 0.29) is 5.69 Å². The first-order valence-electron chi connectivity index (χ1n) is 6.67. The fourth-order valence-corrected chi connectivity index (χ4v) is 2.05. The molecule has 6 nitrogen and oxygen atoms in total. The van der Waals surface area contributed by atoms with Crippen LogP contribution in [0.25, 0.3) is 11.6 Å². The molecule has 0 unspecified atom stereocenters. The zero-order chi connectivity index (χ0) is 16.8. The van der Waals surface area contributed by atoms with Gasteiger partial charge in [0, 0.05) is 12.1 Å². The maximum Gasteiger partial charge on any atom is 0.269 e. The van der Waals surface area contributed by atoms with Gasteiger partial charge in [0.25, 0.3) is 5.69 Å². The van der Waals surface area contributed by atoms with Gasteiger partial charge in [-0.05, 0) is 41.5 Å². The van der Waals surface area contributed by atoms with Crippen LogP contribution in [0, 0.1) is 21.4 Å². The lowest BCUT2D eigenvalue weighted by molar-refractivity contribution is -0.384. The molecular weight excluding hydrogens is 296 g/mol. The third kappa shape index (κ3) is 3.66. The third-order valence-electron chi connectivity index (χ3n) is 3.23. The molecule has 0 aliphatic heterocycles. The van der Waals surface area contributed by atoms with E-state index >= 15 is 0 Å². The molecule has 6 heteroatoms. The molecule has 0 saturated carbocycles. The fraction of sp³-hybridized carbons (Fsp3) is 0.118. The maximum absolute atomic E-state index is 10.7. The van der Waals surface area contributed by atoms with Gasteiger partial charge in [0.2, 0.25) is 0 Å². The van der Waals surface area contributed by atoms with Gasteiger partial charge in [-0.2, -0.15) is 5.26 Å². The van der Waals surface area contributed by atoms with E-state index in [1.165, 1.54) is 19.2 Å². The molecule has 0 aromatic heterocycles. The van der Waals surface area contributed by atoms with Crippen LogP contribution in [0.5, 0.6) is 11.5 Å². The van der Waals surface area contributed by atoms with E-state index in [1.807, 2.05) is 0 Å². The molecule has 0 amide bonds. The predicted molar refractivity (Wildman–Crippen MR) is 86.1 cm³/mol. The van der Waals surface area contributed by atoms with Crippen LogP contribution in [0.1, 0.15) is 11.1 Å². The Kier molecular flexibility index (Phi) is 4.95. The Balaban J connectivity index is 2.39. The quantitative estimate of drug-likeness (QED) is 0.364. The van der Waals surface area contributed by atoms with E-state index in [2.05, 4.69) is 6.07 Å². The second kappa shape index (κ2) is 7.09. The molecule has 23 heavy (non-hydrogen) atoms. The molecule has 0 spiro atoms. The molecular formula is C17H14N2O4. The van der Waals surface area contributed by atoms with E-state index in [0.29, 0.717) is 22.6 Å². The van der Waals surface area contributed by atoms with Gasteiger partial charge in [-0.3, -0.25) is 10.1 Å². The Labute approximate surface area is 133 Å². The Morgan fingerprint density at radius 3 is 2.30 bits per heavy atom. The number of nitriles is 1. The summed E-state index contributed by atoms with van der Waals surface area (Å²) in [6.07, 6.45) is 1.68. The number of nitrogens with zero attached hydrogens (tertiary/aromatic N) is 2. The Morgan fingerprint density at radius 1 is 1.13 bits per heavy atom. The van der Waals surface area contributed by atoms with Gasteiger partial charge < -0.3 is 9.47 Å². The van der Waals surface area contributed by atoms with Crippen LogP contribution >= 0.6 is 0 Å². The van der Waals surface area contributed by atoms with E-state index in [9.17, 15) is 15.4 Å². The van der Waals surface area contributed by atoms with Gasteiger partial charge in [-0.1, -0.05) is 6.07 Å². The van der Waals surface area contributed by atoms with Crippen molar-refractivity contribution >= 4 is 17.3 Å². The standard InChI is InChI=1S/C17H14N2O4/c1-22-16-8-3-12(10-17(16)23-2)9-14(11-18)13-4-6-15(7-5-13)19(20)21/h3-10H,1-2H3/b14-9-. The molecule has 0 fully saturated rings. The maximum atomic E-state index is 10.7. The summed E-state index contributed by atoms with van der Waals surface area (Å²) >= 11 is 0. The zero-order valence-corrected chi connectivity index (χ0v) is 12.6. The van der Waals surface area contributed by atoms with Crippen molar-refractivity contribution in [1.29, 1.82) is 5.26 Å². The topological polar surface area (TPSA) is 85.4 Å². The van der Waals surface area contributed by atoms with Crippen molar-refractivity contribution in [3.8, 4) is 17.6 Å². The highest BCUT2D eigenvalue weighted by Crippen LogP contribution is 2.29. The van der Waals surface area contributed by atoms with Gasteiger partial charge in [0.15, 0.2) is 11.5 Å². The summed E-state index contributed by atoms with van der Waals surface area (Å²) in [4.78, 5) is 10.2. The monoisotopic (exact) mass is 310 g/mol. The van der Waals surface area contributed by atoms with E-state index in [4.69, 9.17) is 9.47 Å². The fourth-order valence-electron chi connectivity index (χ4n) is 2.05. The molecule has 116 valence electrons. The molecule has 0 atom stereocenters. The van der Waals surface area contributed by atoms with Gasteiger partial charge >= 0.3 is 0 Å². The highest BCUT2D eigenvalue weighted by Gasteiger charge is 2.08. The average molecular weight is 310 g/mol. The number of nitro benzene ring substituents is 1. The Hall–Kier alpha value is -3.33. The number of ether oxygens (including phenoxy) is 2. The summed E-state index contributed by atoms with van der Waals surface area (Å²) in [7, 11) is 3.08. The van der Waals surface area contributed by atoms with E-state index in [0.717, 1.165) is 5.56 Å². The number of benzene rings is 2. The lowest BCUT2D eigenvalue weighted by atomic mass is 10.0. The van der Waals surface area contributed by atoms with Crippen LogP contribution in [0.2, 0.25) is 0 Å². The van der Waals surface area contributed by atoms with Crippen LogP contribution in [0.3, 0.4) is 0 Å². The molecule has 0 aliphatic rings. The largest absolute Gasteiger partial charge is 0.493 e. The third-order valence-corrected chi connectivity index (χ3v) is 3.23. The summed E-state index contributed by atoms with van der Waals surface area (Å²) in [6.45, 7) is 0. The molecule has 2 aromatic rings. The summed E-state index contributed by atoms with van der Waals surface area (Å²) in [5, 5.41) is 20.0. The number of allylic oxidation sites excluding steroid dienone is 1. The second-order valence-electron chi connectivity index (χ2n) is 4.59. The summed E-state index contributed by atoms with van der Waals surface area (Å²) < 4.78 is 10.4. The van der Waals surface area contributed by atoms with Crippen molar-refractivity contribution in [2.24, 2.45) is 0 Å². The van der Waals surface area contributed by atoms with Crippen molar-refractivity contribution in [3.05, 3.63) is 63.7 Å². The highest BCUT2D eigenvalue weighted by molar-refractivity contribution is 5.90. The van der Waals surface area contributed by atoms with Crippen molar-refractivity contribution in [1.82, 2.24) is 0 Å². The Bertz CT molecular complexity index is 789. The number of non-ortho nitro benzene ring substituents is 1. The van der Waals surface area contributed by atoms with Gasteiger partial charge in [-0.25, -0.2) is 0 Å². The predicted octanol–water partition coefficient (Wildman–Crippen LogP) is 3.68. The number of rotatable bonds is 5. The first kappa shape index (κ1) is 16.0. The minimum atomic E-state index is -0.478. The minimum Gasteiger partial charge on any atom is -0.493 e. The molecule has 0 heterocycles. The summed E-state index contributed by atoms with van der Waals surface area (Å²) in [5.74, 6) is 1.15. The van der Waals surface area contributed by atoms with Crippen molar-refractivity contribution in [3.63, 3.8) is 0 Å². The second-order valence-corrected chi connectivity index (χ2v) is 4.59. The first-order chi connectivity index (χ1) is 11.1. The molecule has 0 bridgehead atoms. The lowest BCUT2D eigenvalue weighted by Crippen LogP contribution is -1.91. The van der Waals surface area contributed by atoms with Crippen LogP contribution in [0.4, 0.5) is 5.69 Å². The average Bonchev–Trinajstić information content (AvgIpc) is 2.59. The smallest absolute Gasteiger partial charge is 0.269 e. The lowest BCUT2D eigenvalue weighted by Gasteiger charge is -2.08. The number of methoxy groups -OCH3 is 2. The van der Waals surface area contributed by atoms with Crippen LogP contribution in [-0.2, 0) is 0 Å². The van der Waals surface area contributed by atoms with Crippen molar-refractivity contribution < 1.29 is 14.4 Å². The van der Waals surface area contributed by atoms with Gasteiger partial charge in [-0.15, -0.1) is 0 Å². The van der Waals surface area contributed by atoms with Crippen LogP contribution < -0.4 is 9.47 Å². The number of hydrogen-bond donors (Lipinski definition) is 0. The van der Waals surface area contributed by atoms with Crippen LogP contribution in [-0.4, -0.2) is 19.1 Å². The molecule has 2 rings (SSSR count). The molecule has 2 aromatic carbocycles. The summed E-state index contributed by atoms with van der Waals surface area (Å²) in [5.41, 5.74) is 1.75. The SMILES string of the molecule is COc1ccc(/C=C(/C#N)c2ccc([N+](=O)[O-])cc2)cc1OC. The number of hydrogen-bond acceptors (Lipinski definition) is 5. The minimum absolute atomic E-state index is 0.0165. The molecule has 0 N–H and O–H groups in total. The number of nitro groups is 1. The van der Waals surface area contributed by atoms with E-state index in [1.54, 1.807) is 43.5 Å². The molecule has 0 saturated heterocycles. The van der Waals surface area contributed by atoms with E-state index < -0.39 is 4.92 Å². The zero-order valence-electron chi connectivity index (χ0n) is 12.6. The van der Waals surface area contributed by atoms with Crippen molar-refractivity contribution in [2.75, 3.05) is 14.2 Å². The van der Waals surface area contributed by atoms with Gasteiger partial charge in [0.05, 0.1) is 30.8 Å². The highest BCUT2D eigenvalue weighted by atomic mass is 16.6. The normalized spacial score (nSPS) is 10.7. The Morgan fingerprint density at radius 2 is 1.78 bits per heavy atom. The van der Waals surface area contributed by atoms with Crippen molar-refractivity contribution in [2.45, 2.75) is 0 Å². The first-order valence-corrected chi connectivity index (χ1v) is 6.67. The molecule has 0 radical (unpaired) electrons. The summed E-state index contributed by atoms with van der Waals surface area (Å²) in [6, 6.07) is 13.2.